The molecule has 2 aromatic rings. The Morgan fingerprint density at radius 3 is 2.60 bits per heavy atom. The van der Waals surface area contributed by atoms with Crippen molar-refractivity contribution in [2.45, 2.75) is 19.4 Å². The van der Waals surface area contributed by atoms with Crippen LogP contribution in [0.25, 0.3) is 0 Å². The molecule has 0 amide bonds. The van der Waals surface area contributed by atoms with Gasteiger partial charge in [0.05, 0.1) is 22.3 Å². The third-order valence-electron chi connectivity index (χ3n) is 2.95. The summed E-state index contributed by atoms with van der Waals surface area (Å²) in [4.78, 5) is 0. The molecule has 102 valence electrons. The molecule has 0 heterocycles. The van der Waals surface area contributed by atoms with Gasteiger partial charge in [0.15, 0.2) is 0 Å². The van der Waals surface area contributed by atoms with Crippen LogP contribution in [0.2, 0.25) is 5.02 Å². The average molecular weight is 289 g/mol. The molecular weight excluding hydrogens is 275 g/mol. The zero-order valence-electron chi connectivity index (χ0n) is 11.0. The van der Waals surface area contributed by atoms with Crippen LogP contribution in [0.3, 0.4) is 0 Å². The fraction of sp³-hybridized carbons (Fsp3) is 0.188. The van der Waals surface area contributed by atoms with Crippen molar-refractivity contribution in [3.8, 4) is 6.07 Å². The van der Waals surface area contributed by atoms with Gasteiger partial charge in [0, 0.05) is 6.04 Å². The van der Waals surface area contributed by atoms with Crippen molar-refractivity contribution < 1.29 is 4.39 Å². The minimum Gasteiger partial charge on any atom is -0.381 e. The number of nitrogens with zero attached hydrogens (tertiary/aromatic N) is 1. The highest BCUT2D eigenvalue weighted by Gasteiger charge is 2.07. The van der Waals surface area contributed by atoms with E-state index in [2.05, 4.69) is 11.4 Å². The second-order valence-electron chi connectivity index (χ2n) is 4.68. The Labute approximate surface area is 122 Å². The summed E-state index contributed by atoms with van der Waals surface area (Å²) in [6, 6.07) is 13.7. The summed E-state index contributed by atoms with van der Waals surface area (Å²) in [5.74, 6) is -0.237. The van der Waals surface area contributed by atoms with Crippen LogP contribution in [0.4, 0.5) is 10.1 Å². The van der Waals surface area contributed by atoms with Crippen LogP contribution in [0, 0.1) is 17.1 Å². The molecule has 0 aliphatic carbocycles. The summed E-state index contributed by atoms with van der Waals surface area (Å²) in [5.41, 5.74) is 2.34. The van der Waals surface area contributed by atoms with Crippen molar-refractivity contribution in [3.63, 3.8) is 0 Å². The Bertz CT molecular complexity index is 632. The molecule has 0 aliphatic heterocycles. The van der Waals surface area contributed by atoms with Gasteiger partial charge in [-0.2, -0.15) is 5.26 Å². The number of halogens is 2. The maximum Gasteiger partial charge on any atom is 0.123 e. The van der Waals surface area contributed by atoms with Gasteiger partial charge >= 0.3 is 0 Å². The molecule has 1 atom stereocenters. The van der Waals surface area contributed by atoms with Gasteiger partial charge in [0.1, 0.15) is 5.82 Å². The van der Waals surface area contributed by atoms with Gasteiger partial charge in [0.2, 0.25) is 0 Å². The van der Waals surface area contributed by atoms with Gasteiger partial charge < -0.3 is 5.32 Å². The van der Waals surface area contributed by atoms with Crippen LogP contribution in [0.15, 0.2) is 42.5 Å². The Kier molecular flexibility index (Phi) is 4.60. The molecule has 0 fully saturated rings. The first-order valence-corrected chi connectivity index (χ1v) is 6.67. The molecule has 0 saturated carbocycles. The summed E-state index contributed by atoms with van der Waals surface area (Å²) >= 11 is 6.10. The van der Waals surface area contributed by atoms with Gasteiger partial charge in [-0.1, -0.05) is 23.7 Å². The highest BCUT2D eigenvalue weighted by molar-refractivity contribution is 6.33. The maximum atomic E-state index is 12.8. The summed E-state index contributed by atoms with van der Waals surface area (Å²) in [7, 11) is 0. The van der Waals surface area contributed by atoms with E-state index in [1.165, 1.54) is 12.1 Å². The molecule has 2 rings (SSSR count). The largest absolute Gasteiger partial charge is 0.381 e. The topological polar surface area (TPSA) is 35.8 Å². The van der Waals surface area contributed by atoms with Crippen molar-refractivity contribution in [3.05, 3.63) is 64.4 Å². The highest BCUT2D eigenvalue weighted by atomic mass is 35.5. The molecule has 0 spiro atoms. The molecule has 1 N–H and O–H groups in total. The Balaban J connectivity index is 2.06. The summed E-state index contributed by atoms with van der Waals surface area (Å²) < 4.78 is 12.8. The zero-order chi connectivity index (χ0) is 14.5. The molecule has 0 aromatic heterocycles. The van der Waals surface area contributed by atoms with Crippen LogP contribution in [0.1, 0.15) is 18.1 Å². The third-order valence-corrected chi connectivity index (χ3v) is 3.28. The first kappa shape index (κ1) is 14.4. The molecule has 20 heavy (non-hydrogen) atoms. The average Bonchev–Trinajstić information content (AvgIpc) is 2.44. The summed E-state index contributed by atoms with van der Waals surface area (Å²) in [6.07, 6.45) is 0.743. The molecule has 0 aliphatic rings. The van der Waals surface area contributed by atoms with Gasteiger partial charge in [-0.05, 0) is 49.2 Å². The fourth-order valence-electron chi connectivity index (χ4n) is 2.00. The van der Waals surface area contributed by atoms with E-state index in [-0.39, 0.29) is 11.9 Å². The van der Waals surface area contributed by atoms with Gasteiger partial charge in [0.25, 0.3) is 0 Å². The normalized spacial score (nSPS) is 11.7. The van der Waals surface area contributed by atoms with E-state index < -0.39 is 0 Å². The first-order chi connectivity index (χ1) is 9.58. The fourth-order valence-corrected chi connectivity index (χ4v) is 2.17. The van der Waals surface area contributed by atoms with E-state index >= 15 is 0 Å². The van der Waals surface area contributed by atoms with Crippen molar-refractivity contribution in [1.29, 1.82) is 5.26 Å². The van der Waals surface area contributed by atoms with Crippen molar-refractivity contribution in [2.24, 2.45) is 0 Å². The first-order valence-electron chi connectivity index (χ1n) is 6.29. The lowest BCUT2D eigenvalue weighted by molar-refractivity contribution is 0.626. The molecule has 1 unspecified atom stereocenters. The molecule has 2 aromatic carbocycles. The highest BCUT2D eigenvalue weighted by Crippen LogP contribution is 2.24. The number of benzene rings is 2. The van der Waals surface area contributed by atoms with Crippen LogP contribution < -0.4 is 5.32 Å². The molecule has 0 saturated heterocycles. The lowest BCUT2D eigenvalue weighted by Gasteiger charge is -2.16. The van der Waals surface area contributed by atoms with E-state index in [0.717, 1.165) is 17.7 Å². The molecule has 4 heteroatoms. The Morgan fingerprint density at radius 2 is 1.95 bits per heavy atom. The summed E-state index contributed by atoms with van der Waals surface area (Å²) in [6.45, 7) is 2.01. The zero-order valence-corrected chi connectivity index (χ0v) is 11.8. The van der Waals surface area contributed by atoms with E-state index in [4.69, 9.17) is 16.9 Å². The standard InChI is InChI=1S/C16H14ClFN2/c1-11(8-12-2-5-14(18)6-3-12)20-16-9-13(10-19)4-7-15(16)17/h2-7,9,11,20H,8H2,1H3. The van der Waals surface area contributed by atoms with Gasteiger partial charge in [-0.25, -0.2) is 4.39 Å². The van der Waals surface area contributed by atoms with Gasteiger partial charge in [-0.3, -0.25) is 0 Å². The smallest absolute Gasteiger partial charge is 0.123 e. The van der Waals surface area contributed by atoms with Crippen LogP contribution in [0.5, 0.6) is 0 Å². The van der Waals surface area contributed by atoms with Crippen molar-refractivity contribution in [2.75, 3.05) is 5.32 Å². The number of anilines is 1. The molecule has 2 nitrogen and oxygen atoms in total. The minimum atomic E-state index is -0.237. The van der Waals surface area contributed by atoms with Crippen molar-refractivity contribution >= 4 is 17.3 Å². The van der Waals surface area contributed by atoms with E-state index in [0.29, 0.717) is 10.6 Å². The quantitative estimate of drug-likeness (QED) is 0.905. The molecule has 0 bridgehead atoms. The Morgan fingerprint density at radius 1 is 1.25 bits per heavy atom. The lowest BCUT2D eigenvalue weighted by Crippen LogP contribution is -2.18. The summed E-state index contributed by atoms with van der Waals surface area (Å²) in [5, 5.41) is 12.7. The van der Waals surface area contributed by atoms with E-state index in [9.17, 15) is 4.39 Å². The number of rotatable bonds is 4. The van der Waals surface area contributed by atoms with E-state index in [1.807, 2.05) is 6.92 Å². The SMILES string of the molecule is CC(Cc1ccc(F)cc1)Nc1cc(C#N)ccc1Cl. The maximum absolute atomic E-state index is 12.8. The second-order valence-corrected chi connectivity index (χ2v) is 5.09. The Hall–Kier alpha value is -2.05. The third kappa shape index (κ3) is 3.72. The minimum absolute atomic E-state index is 0.118. The van der Waals surface area contributed by atoms with E-state index in [1.54, 1.807) is 30.3 Å². The number of nitriles is 1. The predicted octanol–water partition coefficient (Wildman–Crippen LogP) is 4.39. The monoisotopic (exact) mass is 288 g/mol. The number of hydrogen-bond acceptors (Lipinski definition) is 2. The number of hydrogen-bond donors (Lipinski definition) is 1. The number of nitrogens with one attached hydrogen (secondary N) is 1. The predicted molar refractivity (Wildman–Crippen MR) is 79.4 cm³/mol. The van der Waals surface area contributed by atoms with Gasteiger partial charge in [-0.15, -0.1) is 0 Å². The molecular formula is C16H14ClFN2. The second kappa shape index (κ2) is 6.40. The molecule has 0 radical (unpaired) electrons. The van der Waals surface area contributed by atoms with Crippen molar-refractivity contribution in [1.82, 2.24) is 0 Å². The van der Waals surface area contributed by atoms with Crippen LogP contribution in [-0.4, -0.2) is 6.04 Å². The van der Waals surface area contributed by atoms with Crippen LogP contribution >= 0.6 is 11.6 Å². The lowest BCUT2D eigenvalue weighted by atomic mass is 10.1. The van der Waals surface area contributed by atoms with Crippen LogP contribution in [-0.2, 0) is 6.42 Å².